The van der Waals surface area contributed by atoms with E-state index in [1.165, 1.54) is 29.5 Å². The molecular formula is C22H28N2O. The number of aryl methyl sites for hydroxylation is 1. The van der Waals surface area contributed by atoms with Crippen molar-refractivity contribution in [3.05, 3.63) is 71.3 Å². The Balaban J connectivity index is 1.75. The van der Waals surface area contributed by atoms with Crippen LogP contribution in [-0.4, -0.2) is 18.0 Å². The molecule has 3 rings (SSSR count). The summed E-state index contributed by atoms with van der Waals surface area (Å²) < 4.78 is 0. The fraction of sp³-hybridized carbons (Fsp3) is 0.409. The second kappa shape index (κ2) is 8.30. The van der Waals surface area contributed by atoms with Crippen molar-refractivity contribution in [1.29, 1.82) is 0 Å². The van der Waals surface area contributed by atoms with E-state index < -0.39 is 0 Å². The van der Waals surface area contributed by atoms with Crippen molar-refractivity contribution in [2.75, 3.05) is 0 Å². The van der Waals surface area contributed by atoms with Crippen LogP contribution in [0.1, 0.15) is 55.3 Å². The predicted molar refractivity (Wildman–Crippen MR) is 102 cm³/mol. The standard InChI is InChI=1S/C22H28N2O/c1-16-12-14-19(15-13-16)21(18-8-4-3-5-9-18)23-17(2)22(25)24-20-10-6-7-11-20/h3-5,8-9,12-15,17,20-21,23H,6-7,10-11H2,1-2H3,(H,24,25)/t17-,21+/m1/s1. The van der Waals surface area contributed by atoms with Gasteiger partial charge in [-0.1, -0.05) is 73.0 Å². The van der Waals surface area contributed by atoms with Crippen LogP contribution >= 0.6 is 0 Å². The first kappa shape index (κ1) is 17.7. The maximum absolute atomic E-state index is 12.6. The highest BCUT2D eigenvalue weighted by atomic mass is 16.2. The summed E-state index contributed by atoms with van der Waals surface area (Å²) in [5.41, 5.74) is 3.59. The van der Waals surface area contributed by atoms with Gasteiger partial charge in [0, 0.05) is 6.04 Å². The van der Waals surface area contributed by atoms with Crippen molar-refractivity contribution in [3.63, 3.8) is 0 Å². The fourth-order valence-electron chi connectivity index (χ4n) is 3.51. The van der Waals surface area contributed by atoms with Crippen molar-refractivity contribution in [3.8, 4) is 0 Å². The molecular weight excluding hydrogens is 308 g/mol. The molecule has 2 atom stereocenters. The van der Waals surface area contributed by atoms with E-state index in [9.17, 15) is 4.79 Å². The molecule has 1 aliphatic rings. The van der Waals surface area contributed by atoms with Gasteiger partial charge in [0.2, 0.25) is 5.91 Å². The van der Waals surface area contributed by atoms with Gasteiger partial charge < -0.3 is 5.32 Å². The van der Waals surface area contributed by atoms with E-state index in [1.54, 1.807) is 0 Å². The summed E-state index contributed by atoms with van der Waals surface area (Å²) in [6.45, 7) is 4.04. The van der Waals surface area contributed by atoms with Gasteiger partial charge in [-0.2, -0.15) is 0 Å². The molecule has 1 fully saturated rings. The second-order valence-electron chi connectivity index (χ2n) is 7.13. The van der Waals surface area contributed by atoms with Crippen LogP contribution in [0.3, 0.4) is 0 Å². The lowest BCUT2D eigenvalue weighted by molar-refractivity contribution is -0.123. The van der Waals surface area contributed by atoms with Crippen LogP contribution in [0, 0.1) is 6.92 Å². The molecule has 132 valence electrons. The minimum Gasteiger partial charge on any atom is -0.352 e. The third kappa shape index (κ3) is 4.70. The predicted octanol–water partition coefficient (Wildman–Crippen LogP) is 4.12. The molecule has 0 aromatic heterocycles. The second-order valence-corrected chi connectivity index (χ2v) is 7.13. The summed E-state index contributed by atoms with van der Waals surface area (Å²) in [6, 6.07) is 19.0. The third-order valence-electron chi connectivity index (χ3n) is 5.06. The highest BCUT2D eigenvalue weighted by Crippen LogP contribution is 2.23. The molecule has 0 radical (unpaired) electrons. The Kier molecular flexibility index (Phi) is 5.87. The molecule has 25 heavy (non-hydrogen) atoms. The Labute approximate surface area is 150 Å². The first-order chi connectivity index (χ1) is 12.1. The third-order valence-corrected chi connectivity index (χ3v) is 5.06. The van der Waals surface area contributed by atoms with E-state index in [1.807, 2.05) is 25.1 Å². The van der Waals surface area contributed by atoms with Gasteiger partial charge in [0.05, 0.1) is 12.1 Å². The summed E-state index contributed by atoms with van der Waals surface area (Å²) in [5.74, 6) is 0.0972. The van der Waals surface area contributed by atoms with E-state index in [0.717, 1.165) is 12.8 Å². The molecule has 0 spiro atoms. The number of hydrogen-bond donors (Lipinski definition) is 2. The average Bonchev–Trinajstić information content (AvgIpc) is 3.14. The number of benzene rings is 2. The Morgan fingerprint density at radius 1 is 0.960 bits per heavy atom. The van der Waals surface area contributed by atoms with Crippen LogP contribution in [-0.2, 0) is 4.79 Å². The van der Waals surface area contributed by atoms with Gasteiger partial charge in [-0.3, -0.25) is 10.1 Å². The van der Waals surface area contributed by atoms with Crippen LogP contribution in [0.25, 0.3) is 0 Å². The summed E-state index contributed by atoms with van der Waals surface area (Å²) in [6.07, 6.45) is 4.67. The van der Waals surface area contributed by atoms with E-state index in [2.05, 4.69) is 54.0 Å². The van der Waals surface area contributed by atoms with Crippen LogP contribution in [0.4, 0.5) is 0 Å². The summed E-state index contributed by atoms with van der Waals surface area (Å²) in [4.78, 5) is 12.6. The van der Waals surface area contributed by atoms with E-state index in [-0.39, 0.29) is 18.0 Å². The minimum atomic E-state index is -0.243. The molecule has 0 saturated heterocycles. The molecule has 2 aromatic carbocycles. The topological polar surface area (TPSA) is 41.1 Å². The van der Waals surface area contributed by atoms with E-state index in [4.69, 9.17) is 0 Å². The van der Waals surface area contributed by atoms with Crippen LogP contribution in [0.2, 0.25) is 0 Å². The zero-order valence-electron chi connectivity index (χ0n) is 15.2. The number of hydrogen-bond acceptors (Lipinski definition) is 2. The molecule has 2 N–H and O–H groups in total. The van der Waals surface area contributed by atoms with Crippen molar-refractivity contribution in [2.24, 2.45) is 0 Å². The molecule has 0 unspecified atom stereocenters. The largest absolute Gasteiger partial charge is 0.352 e. The molecule has 1 saturated carbocycles. The van der Waals surface area contributed by atoms with E-state index >= 15 is 0 Å². The first-order valence-corrected chi connectivity index (χ1v) is 9.31. The number of amides is 1. The van der Waals surface area contributed by atoms with Crippen LogP contribution in [0.15, 0.2) is 54.6 Å². The SMILES string of the molecule is Cc1ccc([C@@H](N[C@H](C)C(=O)NC2CCCC2)c2ccccc2)cc1. The summed E-state index contributed by atoms with van der Waals surface area (Å²) in [5, 5.41) is 6.73. The number of nitrogens with one attached hydrogen (secondary N) is 2. The summed E-state index contributed by atoms with van der Waals surface area (Å²) in [7, 11) is 0. The highest BCUT2D eigenvalue weighted by Gasteiger charge is 2.23. The summed E-state index contributed by atoms with van der Waals surface area (Å²) >= 11 is 0. The Morgan fingerprint density at radius 3 is 2.20 bits per heavy atom. The monoisotopic (exact) mass is 336 g/mol. The molecule has 2 aromatic rings. The van der Waals surface area contributed by atoms with Gasteiger partial charge >= 0.3 is 0 Å². The van der Waals surface area contributed by atoms with Gasteiger partial charge in [-0.05, 0) is 37.8 Å². The number of carbonyl (C=O) groups excluding carboxylic acids is 1. The van der Waals surface area contributed by atoms with Gasteiger partial charge in [0.25, 0.3) is 0 Å². The lowest BCUT2D eigenvalue weighted by atomic mass is 9.97. The van der Waals surface area contributed by atoms with Gasteiger partial charge in [-0.25, -0.2) is 0 Å². The van der Waals surface area contributed by atoms with Gasteiger partial charge in [0.15, 0.2) is 0 Å². The smallest absolute Gasteiger partial charge is 0.237 e. The Hall–Kier alpha value is -2.13. The molecule has 3 heteroatoms. The highest BCUT2D eigenvalue weighted by molar-refractivity contribution is 5.81. The van der Waals surface area contributed by atoms with Crippen LogP contribution < -0.4 is 10.6 Å². The zero-order valence-corrected chi connectivity index (χ0v) is 15.2. The maximum atomic E-state index is 12.6. The average molecular weight is 336 g/mol. The van der Waals surface area contributed by atoms with Crippen molar-refractivity contribution in [2.45, 2.75) is 57.7 Å². The number of rotatable bonds is 6. The maximum Gasteiger partial charge on any atom is 0.237 e. The lowest BCUT2D eigenvalue weighted by Crippen LogP contribution is -2.46. The fourth-order valence-corrected chi connectivity index (χ4v) is 3.51. The van der Waals surface area contributed by atoms with Gasteiger partial charge in [-0.15, -0.1) is 0 Å². The van der Waals surface area contributed by atoms with Crippen molar-refractivity contribution < 1.29 is 4.79 Å². The molecule has 3 nitrogen and oxygen atoms in total. The Morgan fingerprint density at radius 2 is 1.56 bits per heavy atom. The van der Waals surface area contributed by atoms with Crippen molar-refractivity contribution in [1.82, 2.24) is 10.6 Å². The van der Waals surface area contributed by atoms with Crippen molar-refractivity contribution >= 4 is 5.91 Å². The lowest BCUT2D eigenvalue weighted by Gasteiger charge is -2.25. The van der Waals surface area contributed by atoms with Gasteiger partial charge in [0.1, 0.15) is 0 Å². The molecule has 0 bridgehead atoms. The normalized spacial score (nSPS) is 17.2. The molecule has 0 heterocycles. The molecule has 1 amide bonds. The quantitative estimate of drug-likeness (QED) is 0.833. The zero-order chi connectivity index (χ0) is 17.6. The minimum absolute atomic E-state index is 0.00567. The molecule has 1 aliphatic carbocycles. The van der Waals surface area contributed by atoms with Crippen LogP contribution in [0.5, 0.6) is 0 Å². The number of carbonyl (C=O) groups is 1. The Bertz CT molecular complexity index is 675. The molecule has 0 aliphatic heterocycles. The van der Waals surface area contributed by atoms with E-state index in [0.29, 0.717) is 6.04 Å². The first-order valence-electron chi connectivity index (χ1n) is 9.31.